The molecule has 0 saturated heterocycles. The van der Waals surface area contributed by atoms with Gasteiger partial charge in [0.15, 0.2) is 5.78 Å². The van der Waals surface area contributed by atoms with Crippen molar-refractivity contribution in [2.45, 2.75) is 68.4 Å². The van der Waals surface area contributed by atoms with Crippen molar-refractivity contribution in [1.29, 1.82) is 0 Å². The maximum absolute atomic E-state index is 13.6. The van der Waals surface area contributed by atoms with E-state index in [2.05, 4.69) is 38.2 Å². The molecule has 0 heterocycles. The van der Waals surface area contributed by atoms with E-state index in [4.69, 9.17) is 9.47 Å². The summed E-state index contributed by atoms with van der Waals surface area (Å²) in [5, 5.41) is 2.62. The number of benzene rings is 3. The van der Waals surface area contributed by atoms with E-state index >= 15 is 0 Å². The quantitative estimate of drug-likeness (QED) is 0.189. The summed E-state index contributed by atoms with van der Waals surface area (Å²) in [5.41, 5.74) is 3.47. The summed E-state index contributed by atoms with van der Waals surface area (Å²) in [6, 6.07) is 23.3. The Hall–Kier alpha value is -3.09. The number of methoxy groups -OCH3 is 1. The summed E-state index contributed by atoms with van der Waals surface area (Å²) in [6.07, 6.45) is 6.43. The summed E-state index contributed by atoms with van der Waals surface area (Å²) in [7, 11) is 1.51. The predicted molar refractivity (Wildman–Crippen MR) is 164 cm³/mol. The Balaban J connectivity index is 1.47. The summed E-state index contributed by atoms with van der Waals surface area (Å²) in [6.45, 7) is 7.33. The number of amides is 1. The Morgan fingerprint density at radius 2 is 1.55 bits per heavy atom. The Bertz CT molecular complexity index is 1240. The standard InChI is InChI=1S/C34H41NO4S/c1-34(2,3)27-14-10-26(11-15-27)32(40-30-20-12-25(13-21-30)31(36)23-38-4)33(37)35-28-16-18-29(19-17-28)39-22-24-8-6-5-7-9-24/h10-21,24,32H,5-9,22-23H2,1-4H3,(H,35,37). The molecular formula is C34H41NO4S. The molecule has 5 nitrogen and oxygen atoms in total. The molecule has 1 saturated carbocycles. The van der Waals surface area contributed by atoms with Gasteiger partial charge in [-0.3, -0.25) is 9.59 Å². The maximum Gasteiger partial charge on any atom is 0.242 e. The molecule has 0 radical (unpaired) electrons. The molecule has 0 spiro atoms. The zero-order chi connectivity index (χ0) is 28.5. The molecule has 0 bridgehead atoms. The van der Waals surface area contributed by atoms with E-state index in [1.807, 2.05) is 48.5 Å². The first-order chi connectivity index (χ1) is 19.2. The molecule has 1 amide bonds. The SMILES string of the molecule is COCC(=O)c1ccc(SC(C(=O)Nc2ccc(OCC3CCCCC3)cc2)c2ccc(C(C)(C)C)cc2)cc1. The van der Waals surface area contributed by atoms with Crippen LogP contribution >= 0.6 is 11.8 Å². The third-order valence-electron chi connectivity index (χ3n) is 7.36. The molecule has 1 aliphatic carbocycles. The Morgan fingerprint density at radius 3 is 2.15 bits per heavy atom. The number of nitrogens with one attached hydrogen (secondary N) is 1. The molecule has 1 fully saturated rings. The monoisotopic (exact) mass is 559 g/mol. The van der Waals surface area contributed by atoms with Crippen LogP contribution in [0.25, 0.3) is 0 Å². The van der Waals surface area contributed by atoms with Crippen molar-refractivity contribution in [2.24, 2.45) is 5.92 Å². The van der Waals surface area contributed by atoms with Gasteiger partial charge in [-0.05, 0) is 71.7 Å². The summed E-state index contributed by atoms with van der Waals surface area (Å²) >= 11 is 1.46. The van der Waals surface area contributed by atoms with Gasteiger partial charge in [-0.2, -0.15) is 0 Å². The fourth-order valence-corrected chi connectivity index (χ4v) is 5.94. The number of Topliss-reactive ketones (excluding diaryl/α,β-unsaturated/α-hetero) is 1. The normalized spacial score (nSPS) is 14.9. The highest BCUT2D eigenvalue weighted by Crippen LogP contribution is 2.37. The molecule has 1 atom stereocenters. The topological polar surface area (TPSA) is 64.6 Å². The highest BCUT2D eigenvalue weighted by atomic mass is 32.2. The van der Waals surface area contributed by atoms with Gasteiger partial charge < -0.3 is 14.8 Å². The second-order valence-corrected chi connectivity index (χ2v) is 12.8. The second kappa shape index (κ2) is 14.0. The number of hydrogen-bond acceptors (Lipinski definition) is 5. The number of ether oxygens (including phenoxy) is 2. The van der Waals surface area contributed by atoms with Crippen molar-refractivity contribution < 1.29 is 19.1 Å². The first-order valence-corrected chi connectivity index (χ1v) is 15.0. The lowest BCUT2D eigenvalue weighted by atomic mass is 9.86. The third-order valence-corrected chi connectivity index (χ3v) is 8.62. The van der Waals surface area contributed by atoms with Crippen LogP contribution in [0, 0.1) is 5.92 Å². The number of rotatable bonds is 11. The van der Waals surface area contributed by atoms with Crippen molar-refractivity contribution >= 4 is 29.1 Å². The lowest BCUT2D eigenvalue weighted by Gasteiger charge is -2.22. The van der Waals surface area contributed by atoms with E-state index in [9.17, 15) is 9.59 Å². The largest absolute Gasteiger partial charge is 0.493 e. The fourth-order valence-electron chi connectivity index (χ4n) is 4.91. The van der Waals surface area contributed by atoms with Crippen LogP contribution < -0.4 is 10.1 Å². The highest BCUT2D eigenvalue weighted by Gasteiger charge is 2.24. The zero-order valence-electron chi connectivity index (χ0n) is 24.1. The average molecular weight is 560 g/mol. The minimum absolute atomic E-state index is 0.0226. The van der Waals surface area contributed by atoms with Crippen LogP contribution in [0.15, 0.2) is 77.7 Å². The molecule has 0 aromatic heterocycles. The summed E-state index contributed by atoms with van der Waals surface area (Å²) in [4.78, 5) is 26.7. The first kappa shape index (κ1) is 29.9. The van der Waals surface area contributed by atoms with Crippen molar-refractivity contribution in [3.63, 3.8) is 0 Å². The Kier molecular flexibility index (Phi) is 10.5. The van der Waals surface area contributed by atoms with Gasteiger partial charge in [0.1, 0.15) is 17.6 Å². The second-order valence-electron chi connectivity index (χ2n) is 11.6. The van der Waals surface area contributed by atoms with Gasteiger partial charge in [0, 0.05) is 23.3 Å². The minimum Gasteiger partial charge on any atom is -0.493 e. The number of ketones is 1. The molecule has 1 unspecified atom stereocenters. The summed E-state index contributed by atoms with van der Waals surface area (Å²) < 4.78 is 11.0. The Labute approximate surface area is 243 Å². The van der Waals surface area contributed by atoms with Gasteiger partial charge in [-0.25, -0.2) is 0 Å². The van der Waals surface area contributed by atoms with Gasteiger partial charge in [-0.1, -0.05) is 76.4 Å². The number of carbonyl (C=O) groups excluding carboxylic acids is 2. The smallest absolute Gasteiger partial charge is 0.242 e. The van der Waals surface area contributed by atoms with Crippen LogP contribution in [0.5, 0.6) is 5.75 Å². The molecule has 3 aromatic carbocycles. The average Bonchev–Trinajstić information content (AvgIpc) is 2.96. The molecule has 0 aliphatic heterocycles. The van der Waals surface area contributed by atoms with Crippen LogP contribution in [0.2, 0.25) is 0 Å². The molecule has 212 valence electrons. The summed E-state index contributed by atoms with van der Waals surface area (Å²) in [5.74, 6) is 1.29. The number of thioether (sulfide) groups is 1. The van der Waals surface area contributed by atoms with Crippen LogP contribution in [0.3, 0.4) is 0 Å². The zero-order valence-corrected chi connectivity index (χ0v) is 24.9. The van der Waals surface area contributed by atoms with E-state index in [1.54, 1.807) is 12.1 Å². The first-order valence-electron chi connectivity index (χ1n) is 14.2. The lowest BCUT2D eigenvalue weighted by molar-refractivity contribution is -0.115. The van der Waals surface area contributed by atoms with Crippen molar-refractivity contribution in [3.05, 3.63) is 89.5 Å². The van der Waals surface area contributed by atoms with E-state index in [1.165, 1.54) is 56.5 Å². The molecule has 3 aromatic rings. The van der Waals surface area contributed by atoms with E-state index in [0.29, 0.717) is 11.5 Å². The number of carbonyl (C=O) groups is 2. The van der Waals surface area contributed by atoms with Gasteiger partial charge in [0.25, 0.3) is 0 Å². The number of anilines is 1. The molecule has 6 heteroatoms. The van der Waals surface area contributed by atoms with Gasteiger partial charge in [0.05, 0.1) is 6.61 Å². The molecule has 4 rings (SSSR count). The molecule has 40 heavy (non-hydrogen) atoms. The number of hydrogen-bond donors (Lipinski definition) is 1. The predicted octanol–water partition coefficient (Wildman–Crippen LogP) is 8.24. The maximum atomic E-state index is 13.6. The van der Waals surface area contributed by atoms with Crippen molar-refractivity contribution in [3.8, 4) is 5.75 Å². The van der Waals surface area contributed by atoms with Gasteiger partial charge >= 0.3 is 0 Å². The van der Waals surface area contributed by atoms with Gasteiger partial charge in [0.2, 0.25) is 5.91 Å². The van der Waals surface area contributed by atoms with E-state index < -0.39 is 5.25 Å². The Morgan fingerprint density at radius 1 is 0.900 bits per heavy atom. The highest BCUT2D eigenvalue weighted by molar-refractivity contribution is 8.00. The molecular weight excluding hydrogens is 518 g/mol. The fraction of sp³-hybridized carbons (Fsp3) is 0.412. The van der Waals surface area contributed by atoms with E-state index in [0.717, 1.165) is 28.5 Å². The van der Waals surface area contributed by atoms with Crippen LogP contribution in [-0.2, 0) is 14.9 Å². The van der Waals surface area contributed by atoms with Crippen LogP contribution in [-0.4, -0.2) is 32.0 Å². The van der Waals surface area contributed by atoms with Crippen molar-refractivity contribution in [1.82, 2.24) is 0 Å². The minimum atomic E-state index is -0.475. The molecule has 1 aliphatic rings. The van der Waals surface area contributed by atoms with Crippen LogP contribution in [0.1, 0.15) is 79.6 Å². The molecule has 1 N–H and O–H groups in total. The van der Waals surface area contributed by atoms with E-state index in [-0.39, 0.29) is 23.7 Å². The van der Waals surface area contributed by atoms with Crippen molar-refractivity contribution in [2.75, 3.05) is 25.6 Å². The van der Waals surface area contributed by atoms with Gasteiger partial charge in [-0.15, -0.1) is 11.8 Å². The van der Waals surface area contributed by atoms with Crippen LogP contribution in [0.4, 0.5) is 5.69 Å². The lowest BCUT2D eigenvalue weighted by Crippen LogP contribution is -2.19. The third kappa shape index (κ3) is 8.45.